The molecule has 0 fully saturated rings. The van der Waals surface area contributed by atoms with Gasteiger partial charge in [0.1, 0.15) is 19.3 Å². The van der Waals surface area contributed by atoms with Crippen molar-refractivity contribution in [1.29, 1.82) is 0 Å². The largest absolute Gasteiger partial charge is 0.472 e. The van der Waals surface area contributed by atoms with Gasteiger partial charge in [0.15, 0.2) is 12.2 Å². The topological polar surface area (TPSA) is 237 Å². The maximum Gasteiger partial charge on any atom is 0.472 e. The monoisotopic (exact) mass is 1560 g/mol. The Hall–Kier alpha value is -4.54. The van der Waals surface area contributed by atoms with Crippen molar-refractivity contribution in [2.75, 3.05) is 39.6 Å². The molecule has 19 heteroatoms. The highest BCUT2D eigenvalue weighted by molar-refractivity contribution is 7.47. The fraction of sp³-hybridized carbons (Fsp3) is 0.730. The summed E-state index contributed by atoms with van der Waals surface area (Å²) in [6.07, 6.45) is 90.2. The van der Waals surface area contributed by atoms with E-state index < -0.39 is 97.5 Å². The van der Waals surface area contributed by atoms with Crippen molar-refractivity contribution in [1.82, 2.24) is 0 Å². The zero-order valence-corrected chi connectivity index (χ0v) is 70.0. The molecule has 0 aromatic heterocycles. The highest BCUT2D eigenvalue weighted by Crippen LogP contribution is 2.45. The predicted molar refractivity (Wildman–Crippen MR) is 445 cm³/mol. The van der Waals surface area contributed by atoms with Crippen molar-refractivity contribution in [3.63, 3.8) is 0 Å². The molecule has 0 aromatic carbocycles. The molecule has 3 N–H and O–H groups in total. The molecular weight excluding hydrogens is 1400 g/mol. The highest BCUT2D eigenvalue weighted by Gasteiger charge is 2.30. The summed E-state index contributed by atoms with van der Waals surface area (Å²) in [5, 5.41) is 10.7. The van der Waals surface area contributed by atoms with Gasteiger partial charge >= 0.3 is 39.5 Å². The van der Waals surface area contributed by atoms with Crippen molar-refractivity contribution in [3.8, 4) is 0 Å². The van der Waals surface area contributed by atoms with Crippen molar-refractivity contribution < 1.29 is 80.2 Å². The maximum absolute atomic E-state index is 13.1. The molecule has 0 bridgehead atoms. The molecule has 0 saturated carbocycles. The molecule has 108 heavy (non-hydrogen) atoms. The van der Waals surface area contributed by atoms with Crippen molar-refractivity contribution >= 4 is 39.5 Å². The number of phosphoric ester groups is 2. The molecule has 0 saturated heterocycles. The number of unbranched alkanes of at least 4 members (excludes halogenated alkanes) is 34. The minimum Gasteiger partial charge on any atom is -0.462 e. The van der Waals surface area contributed by atoms with Gasteiger partial charge in [0.05, 0.1) is 26.4 Å². The first-order valence-corrected chi connectivity index (χ1v) is 45.8. The lowest BCUT2D eigenvalue weighted by atomic mass is 10.0. The lowest BCUT2D eigenvalue weighted by molar-refractivity contribution is -0.161. The number of hydrogen-bond acceptors (Lipinski definition) is 15. The number of ether oxygens (including phenoxy) is 4. The number of carbonyl (C=O) groups is 4. The van der Waals surface area contributed by atoms with E-state index in [1.807, 2.05) is 0 Å². The van der Waals surface area contributed by atoms with Crippen LogP contribution in [-0.2, 0) is 65.4 Å². The molecule has 17 nitrogen and oxygen atoms in total. The van der Waals surface area contributed by atoms with Gasteiger partial charge in [-0.2, -0.15) is 0 Å². The Morgan fingerprint density at radius 2 is 0.481 bits per heavy atom. The highest BCUT2D eigenvalue weighted by atomic mass is 31.2. The Labute approximate surface area is 657 Å². The molecule has 0 radical (unpaired) electrons. The minimum atomic E-state index is -5.00. The average Bonchev–Trinajstić information content (AvgIpc) is 0.896. The Kier molecular flexibility index (Phi) is 77.1. The van der Waals surface area contributed by atoms with E-state index in [9.17, 15) is 43.2 Å². The first kappa shape index (κ1) is 103. The smallest absolute Gasteiger partial charge is 0.462 e. The van der Waals surface area contributed by atoms with Crippen LogP contribution in [0, 0.1) is 0 Å². The van der Waals surface area contributed by atoms with Gasteiger partial charge in [-0.25, -0.2) is 9.13 Å². The molecule has 0 aliphatic heterocycles. The Bertz CT molecular complexity index is 2520. The van der Waals surface area contributed by atoms with Crippen LogP contribution < -0.4 is 0 Å². The van der Waals surface area contributed by atoms with Crippen LogP contribution in [0.25, 0.3) is 0 Å². The summed E-state index contributed by atoms with van der Waals surface area (Å²) in [6, 6.07) is 0. The average molecular weight is 1560 g/mol. The van der Waals surface area contributed by atoms with Gasteiger partial charge in [0.25, 0.3) is 0 Å². The molecule has 5 atom stereocenters. The number of allylic oxidation sites excluding steroid dienone is 20. The zero-order chi connectivity index (χ0) is 78.9. The van der Waals surface area contributed by atoms with Crippen LogP contribution in [-0.4, -0.2) is 96.7 Å². The number of aliphatic hydroxyl groups excluding tert-OH is 1. The molecule has 0 aromatic rings. The predicted octanol–water partition coefficient (Wildman–Crippen LogP) is 25.5. The molecule has 0 heterocycles. The fourth-order valence-corrected chi connectivity index (χ4v) is 13.1. The van der Waals surface area contributed by atoms with Gasteiger partial charge < -0.3 is 33.8 Å². The van der Waals surface area contributed by atoms with Gasteiger partial charge in [-0.05, 0) is 116 Å². The van der Waals surface area contributed by atoms with Gasteiger partial charge in [-0.15, -0.1) is 0 Å². The number of rotatable bonds is 80. The van der Waals surface area contributed by atoms with Crippen molar-refractivity contribution in [3.05, 3.63) is 122 Å². The summed E-state index contributed by atoms with van der Waals surface area (Å²) in [6.45, 7) is 4.64. The van der Waals surface area contributed by atoms with E-state index in [1.165, 1.54) is 135 Å². The summed E-state index contributed by atoms with van der Waals surface area (Å²) >= 11 is 0. The molecule has 0 aliphatic rings. The van der Waals surface area contributed by atoms with Crippen LogP contribution in [0.4, 0.5) is 0 Å². The third-order valence-electron chi connectivity index (χ3n) is 18.0. The Morgan fingerprint density at radius 3 is 0.741 bits per heavy atom. The second kappa shape index (κ2) is 80.5. The number of esters is 4. The maximum atomic E-state index is 13.1. The van der Waals surface area contributed by atoms with Crippen molar-refractivity contribution in [2.45, 2.75) is 380 Å². The third kappa shape index (κ3) is 79.5. The van der Waals surface area contributed by atoms with E-state index in [0.717, 1.165) is 148 Å². The first-order valence-electron chi connectivity index (χ1n) is 42.8. The van der Waals surface area contributed by atoms with E-state index in [1.54, 1.807) is 0 Å². The van der Waals surface area contributed by atoms with Crippen LogP contribution >= 0.6 is 15.6 Å². The summed E-state index contributed by atoms with van der Waals surface area (Å²) in [5.74, 6) is -2.23. The second-order valence-corrected chi connectivity index (χ2v) is 31.3. The molecule has 0 amide bonds. The van der Waals surface area contributed by atoms with Crippen LogP contribution in [0.15, 0.2) is 122 Å². The lowest BCUT2D eigenvalue weighted by Crippen LogP contribution is -2.30. The third-order valence-corrected chi connectivity index (χ3v) is 19.9. The molecule has 0 spiro atoms. The van der Waals surface area contributed by atoms with Gasteiger partial charge in [0.2, 0.25) is 0 Å². The van der Waals surface area contributed by atoms with E-state index in [4.69, 9.17) is 37.0 Å². The van der Waals surface area contributed by atoms with Gasteiger partial charge in [-0.1, -0.05) is 342 Å². The molecule has 0 aliphatic carbocycles. The molecular formula is C89H154O17P2. The van der Waals surface area contributed by atoms with E-state index in [-0.39, 0.29) is 25.7 Å². The van der Waals surface area contributed by atoms with Crippen LogP contribution in [0.2, 0.25) is 0 Å². The summed E-state index contributed by atoms with van der Waals surface area (Å²) in [4.78, 5) is 73.2. The van der Waals surface area contributed by atoms with Gasteiger partial charge in [-0.3, -0.25) is 37.3 Å². The van der Waals surface area contributed by atoms with Crippen LogP contribution in [0.3, 0.4) is 0 Å². The Morgan fingerprint density at radius 1 is 0.269 bits per heavy atom. The Balaban J connectivity index is 5.43. The van der Waals surface area contributed by atoms with E-state index in [2.05, 4.69) is 149 Å². The number of hydrogen-bond donors (Lipinski definition) is 3. The van der Waals surface area contributed by atoms with Crippen LogP contribution in [0.5, 0.6) is 0 Å². The summed E-state index contributed by atoms with van der Waals surface area (Å²) < 4.78 is 68.8. The second-order valence-electron chi connectivity index (χ2n) is 28.4. The first-order chi connectivity index (χ1) is 52.7. The van der Waals surface area contributed by atoms with Crippen LogP contribution in [0.1, 0.15) is 362 Å². The quantitative estimate of drug-likeness (QED) is 0.0169. The minimum absolute atomic E-state index is 0.0460. The summed E-state index contributed by atoms with van der Waals surface area (Å²) in [5.41, 5.74) is 0. The molecule has 0 rings (SSSR count). The SMILES string of the molecule is CC/C=C\C/C=C\C/C=C\C/C=C\C/C=C\CCCCCC(=O)OC[C@H](COP(=O)(O)OC[C@@H](O)COP(=O)(O)OC[C@@H](COC(=O)CCCCCCCCCCCCCCCCC)OC(=O)CCCCCCCCCCCCCCCCC)OC(=O)CCCCC/C=C\C/C=C\C/C=C\C/C=C\C/C=C\CC. The number of carbonyl (C=O) groups excluding carboxylic acids is 4. The lowest BCUT2D eigenvalue weighted by Gasteiger charge is -2.21. The molecule has 2 unspecified atom stereocenters. The van der Waals surface area contributed by atoms with Crippen molar-refractivity contribution in [2.24, 2.45) is 0 Å². The molecule has 622 valence electrons. The van der Waals surface area contributed by atoms with E-state index >= 15 is 0 Å². The van der Waals surface area contributed by atoms with E-state index in [0.29, 0.717) is 25.7 Å². The normalized spacial score (nSPS) is 14.4. The summed E-state index contributed by atoms with van der Waals surface area (Å²) in [7, 11) is -9.98. The number of aliphatic hydroxyl groups is 1. The van der Waals surface area contributed by atoms with Gasteiger partial charge in [0, 0.05) is 25.7 Å². The number of phosphoric acid groups is 2. The zero-order valence-electron chi connectivity index (χ0n) is 68.2. The standard InChI is InChI=1S/C89H154O17P2/c1-5-9-13-17-21-25-29-33-37-39-41-43-47-50-54-58-62-66-70-74-87(92)100-80-85(106-89(94)76-72-68-64-60-56-52-48-44-42-40-38-34-30-26-22-18-14-10-6-2)82-104-108(97,98)102-78-83(90)77-101-107(95,96)103-81-84(105-88(93)75-71-67-63-59-55-51-46-36-32-28-24-20-16-12-8-4)79-99-86(91)73-69-65-61-57-53-49-45-35-31-27-23-19-15-11-7-3/h9-10,13-14,21-22,25-26,33-34,37-38,41-44,50,52,54,56,83-85,90H,5-8,11-12,15-20,23-24,27-32,35-36,39-40,45-49,51,53,55,57-82H2,1-4H3,(H,95,96)(H,97,98)/b13-9-,14-10-,25-21-,26-22-,37-33-,38-34-,43-41-,44-42-,54-50-,56-52-/t83-,84+,85+/m0/s1. The fourth-order valence-electron chi connectivity index (χ4n) is 11.5.